The number of benzene rings is 2. The van der Waals surface area contributed by atoms with Crippen LogP contribution in [0.4, 0.5) is 16.3 Å². The van der Waals surface area contributed by atoms with Gasteiger partial charge in [-0.25, -0.2) is 4.79 Å². The minimum Gasteiger partial charge on any atom is -0.496 e. The van der Waals surface area contributed by atoms with E-state index in [1.54, 1.807) is 7.11 Å². The highest BCUT2D eigenvalue weighted by Gasteiger charge is 2.22. The fourth-order valence-electron chi connectivity index (χ4n) is 3.70. The summed E-state index contributed by atoms with van der Waals surface area (Å²) in [5.74, 6) is 1.58. The summed E-state index contributed by atoms with van der Waals surface area (Å²) in [4.78, 5) is 16.7. The van der Waals surface area contributed by atoms with Gasteiger partial charge < -0.3 is 19.9 Å². The summed E-state index contributed by atoms with van der Waals surface area (Å²) < 4.78 is 5.42. The fraction of sp³-hybridized carbons (Fsp3) is 0.292. The number of piperazine rings is 1. The third-order valence-electron chi connectivity index (χ3n) is 5.56. The van der Waals surface area contributed by atoms with Gasteiger partial charge in [0.15, 0.2) is 5.82 Å². The van der Waals surface area contributed by atoms with Gasteiger partial charge >= 0.3 is 6.03 Å². The monoisotopic (exact) mass is 417 g/mol. The number of ether oxygens (including phenoxy) is 1. The van der Waals surface area contributed by atoms with Gasteiger partial charge in [-0.1, -0.05) is 24.3 Å². The van der Waals surface area contributed by atoms with E-state index in [1.807, 2.05) is 73.3 Å². The zero-order valence-corrected chi connectivity index (χ0v) is 18.1. The van der Waals surface area contributed by atoms with Crippen molar-refractivity contribution in [2.75, 3.05) is 43.5 Å². The molecule has 4 rings (SSSR count). The number of aromatic nitrogens is 2. The van der Waals surface area contributed by atoms with Crippen molar-refractivity contribution in [2.24, 2.45) is 0 Å². The summed E-state index contributed by atoms with van der Waals surface area (Å²) in [5.41, 5.74) is 4.74. The average Bonchev–Trinajstić information content (AvgIpc) is 2.81. The number of hydrogen-bond donors (Lipinski definition) is 1. The second-order valence-corrected chi connectivity index (χ2v) is 7.70. The minimum absolute atomic E-state index is 0.0639. The Morgan fingerprint density at radius 1 is 0.968 bits per heavy atom. The van der Waals surface area contributed by atoms with Crippen LogP contribution in [0.2, 0.25) is 0 Å². The molecule has 31 heavy (non-hydrogen) atoms. The normalized spacial score (nSPS) is 13.8. The van der Waals surface area contributed by atoms with Gasteiger partial charge in [0.25, 0.3) is 0 Å². The fourth-order valence-corrected chi connectivity index (χ4v) is 3.70. The first kappa shape index (κ1) is 20.7. The smallest absolute Gasteiger partial charge is 0.321 e. The first-order valence-electron chi connectivity index (χ1n) is 10.4. The second kappa shape index (κ2) is 9.04. The van der Waals surface area contributed by atoms with Crippen LogP contribution >= 0.6 is 0 Å². The van der Waals surface area contributed by atoms with Gasteiger partial charge in [0.2, 0.25) is 0 Å². The molecule has 1 fully saturated rings. The molecule has 0 aliphatic carbocycles. The van der Waals surface area contributed by atoms with Crippen LogP contribution in [-0.2, 0) is 0 Å². The number of carbonyl (C=O) groups is 1. The number of methoxy groups -OCH3 is 1. The summed E-state index contributed by atoms with van der Waals surface area (Å²) in [5, 5.41) is 11.9. The van der Waals surface area contributed by atoms with Crippen LogP contribution in [0.25, 0.3) is 11.3 Å². The van der Waals surface area contributed by atoms with Crippen LogP contribution in [0, 0.1) is 13.8 Å². The van der Waals surface area contributed by atoms with Gasteiger partial charge in [0, 0.05) is 37.4 Å². The topological polar surface area (TPSA) is 70.6 Å². The highest BCUT2D eigenvalue weighted by molar-refractivity contribution is 5.90. The molecule has 3 aromatic rings. The predicted octanol–water partition coefficient (Wildman–Crippen LogP) is 4.12. The van der Waals surface area contributed by atoms with Crippen LogP contribution < -0.4 is 15.0 Å². The van der Waals surface area contributed by atoms with Crippen LogP contribution in [0.5, 0.6) is 5.75 Å². The van der Waals surface area contributed by atoms with Crippen molar-refractivity contribution >= 4 is 17.5 Å². The second-order valence-electron chi connectivity index (χ2n) is 7.70. The first-order chi connectivity index (χ1) is 15.0. The van der Waals surface area contributed by atoms with Gasteiger partial charge in [-0.05, 0) is 55.3 Å². The molecule has 7 heteroatoms. The number of amides is 2. The standard InChI is InChI=1S/C24H27N5O2/c1-17-8-9-18(2)21(16-17)25-24(30)29-14-12-28(13-15-29)23-11-10-20(26-27-23)19-6-4-5-7-22(19)31-3/h4-11,16H,12-15H2,1-3H3,(H,25,30). The molecule has 0 spiro atoms. The highest BCUT2D eigenvalue weighted by atomic mass is 16.5. The largest absolute Gasteiger partial charge is 0.496 e. The Labute approximate surface area is 182 Å². The van der Waals surface area contributed by atoms with Crippen molar-refractivity contribution in [2.45, 2.75) is 13.8 Å². The Balaban J connectivity index is 1.37. The van der Waals surface area contributed by atoms with Crippen molar-refractivity contribution in [1.82, 2.24) is 15.1 Å². The van der Waals surface area contributed by atoms with Crippen molar-refractivity contribution < 1.29 is 9.53 Å². The summed E-state index contributed by atoms with van der Waals surface area (Å²) in [7, 11) is 1.65. The molecule has 0 bridgehead atoms. The van der Waals surface area contributed by atoms with Gasteiger partial charge in [-0.3, -0.25) is 0 Å². The van der Waals surface area contributed by atoms with Crippen molar-refractivity contribution in [3.63, 3.8) is 0 Å². The van der Waals surface area contributed by atoms with E-state index < -0.39 is 0 Å². The minimum atomic E-state index is -0.0639. The van der Waals surface area contributed by atoms with Crippen LogP contribution in [0.1, 0.15) is 11.1 Å². The lowest BCUT2D eigenvalue weighted by Crippen LogP contribution is -2.50. The molecule has 2 aromatic carbocycles. The molecule has 1 aliphatic rings. The molecule has 160 valence electrons. The molecule has 0 unspecified atom stereocenters. The molecule has 1 N–H and O–H groups in total. The van der Waals surface area contributed by atoms with Gasteiger partial charge in [-0.15, -0.1) is 10.2 Å². The maximum atomic E-state index is 12.7. The SMILES string of the molecule is COc1ccccc1-c1ccc(N2CCN(C(=O)Nc3cc(C)ccc3C)CC2)nn1. The molecule has 1 aliphatic heterocycles. The zero-order valence-electron chi connectivity index (χ0n) is 18.1. The van der Waals surface area contributed by atoms with Crippen molar-refractivity contribution in [1.29, 1.82) is 0 Å². The Morgan fingerprint density at radius 3 is 2.45 bits per heavy atom. The summed E-state index contributed by atoms with van der Waals surface area (Å²) in [6.45, 7) is 6.71. The number of hydrogen-bond acceptors (Lipinski definition) is 5. The molecule has 7 nitrogen and oxygen atoms in total. The number of urea groups is 1. The van der Waals surface area contributed by atoms with E-state index in [1.165, 1.54) is 0 Å². The zero-order chi connectivity index (χ0) is 21.8. The number of carbonyl (C=O) groups excluding carboxylic acids is 1. The lowest BCUT2D eigenvalue weighted by molar-refractivity contribution is 0.208. The number of aryl methyl sites for hydroxylation is 2. The van der Waals surface area contributed by atoms with E-state index in [4.69, 9.17) is 4.74 Å². The number of para-hydroxylation sites is 1. The van der Waals surface area contributed by atoms with E-state index in [0.717, 1.165) is 39.6 Å². The number of anilines is 2. The van der Waals surface area contributed by atoms with Crippen LogP contribution in [0.15, 0.2) is 54.6 Å². The lowest BCUT2D eigenvalue weighted by atomic mass is 10.1. The van der Waals surface area contributed by atoms with E-state index in [2.05, 4.69) is 20.4 Å². The molecule has 2 amide bonds. The number of nitrogens with one attached hydrogen (secondary N) is 1. The summed E-state index contributed by atoms with van der Waals surface area (Å²) in [6.07, 6.45) is 0. The number of rotatable bonds is 4. The van der Waals surface area contributed by atoms with E-state index in [-0.39, 0.29) is 6.03 Å². The van der Waals surface area contributed by atoms with Crippen LogP contribution in [-0.4, -0.2) is 54.4 Å². The summed E-state index contributed by atoms with van der Waals surface area (Å²) >= 11 is 0. The average molecular weight is 418 g/mol. The van der Waals surface area contributed by atoms with Crippen LogP contribution in [0.3, 0.4) is 0 Å². The molecule has 1 aromatic heterocycles. The Bertz CT molecular complexity index is 1060. The predicted molar refractivity (Wildman–Crippen MR) is 123 cm³/mol. The molecule has 0 radical (unpaired) electrons. The molecule has 0 saturated carbocycles. The maximum absolute atomic E-state index is 12.7. The molecular weight excluding hydrogens is 390 g/mol. The third-order valence-corrected chi connectivity index (χ3v) is 5.56. The van der Waals surface area contributed by atoms with E-state index in [9.17, 15) is 4.79 Å². The molecule has 0 atom stereocenters. The Morgan fingerprint density at radius 2 is 1.74 bits per heavy atom. The Hall–Kier alpha value is -3.61. The maximum Gasteiger partial charge on any atom is 0.321 e. The van der Waals surface area contributed by atoms with Gasteiger partial charge in [0.1, 0.15) is 5.75 Å². The molecule has 1 saturated heterocycles. The quantitative estimate of drug-likeness (QED) is 0.691. The van der Waals surface area contributed by atoms with Gasteiger partial charge in [-0.2, -0.15) is 0 Å². The van der Waals surface area contributed by atoms with E-state index >= 15 is 0 Å². The highest BCUT2D eigenvalue weighted by Crippen LogP contribution is 2.28. The van der Waals surface area contributed by atoms with Crippen molar-refractivity contribution in [3.05, 3.63) is 65.7 Å². The third kappa shape index (κ3) is 4.60. The lowest BCUT2D eigenvalue weighted by Gasteiger charge is -2.35. The number of nitrogens with zero attached hydrogens (tertiary/aromatic N) is 4. The first-order valence-corrected chi connectivity index (χ1v) is 10.4. The molecular formula is C24H27N5O2. The van der Waals surface area contributed by atoms with E-state index in [0.29, 0.717) is 26.2 Å². The Kier molecular flexibility index (Phi) is 6.02. The van der Waals surface area contributed by atoms with Gasteiger partial charge in [0.05, 0.1) is 12.8 Å². The summed E-state index contributed by atoms with van der Waals surface area (Å²) in [6, 6.07) is 17.7. The molecule has 2 heterocycles. The van der Waals surface area contributed by atoms with Crippen molar-refractivity contribution in [3.8, 4) is 17.0 Å².